The Morgan fingerprint density at radius 1 is 1.32 bits per heavy atom. The van der Waals surface area contributed by atoms with Gasteiger partial charge in [-0.3, -0.25) is 9.69 Å². The molecule has 3 nitrogen and oxygen atoms in total. The zero-order valence-electron chi connectivity index (χ0n) is 13.2. The normalized spacial score (nSPS) is 17.5. The third kappa shape index (κ3) is 4.87. The monoisotopic (exact) mass is 342 g/mol. The summed E-state index contributed by atoms with van der Waals surface area (Å²) < 4.78 is 0. The fraction of sp³-hybridized carbons (Fsp3) is 0.588. The number of likely N-dealkylation sites (N-methyl/N-ethyl adjacent to an activating group) is 1. The van der Waals surface area contributed by atoms with Crippen molar-refractivity contribution in [1.82, 2.24) is 10.2 Å². The Morgan fingerprint density at radius 3 is 2.64 bits per heavy atom. The van der Waals surface area contributed by atoms with E-state index in [0.717, 1.165) is 5.56 Å². The average Bonchev–Trinajstić information content (AvgIpc) is 2.47. The lowest BCUT2D eigenvalue weighted by Gasteiger charge is -2.31. The number of carbonyl (C=O) groups is 1. The summed E-state index contributed by atoms with van der Waals surface area (Å²) in [6, 6.07) is 5.76. The second-order valence-electron chi connectivity index (χ2n) is 6.16. The Kier molecular flexibility index (Phi) is 6.54. The highest BCUT2D eigenvalue weighted by molar-refractivity contribution is 6.35. The number of amides is 1. The molecule has 1 N–H and O–H groups in total. The summed E-state index contributed by atoms with van der Waals surface area (Å²) in [4.78, 5) is 14.4. The van der Waals surface area contributed by atoms with Crippen LogP contribution in [0, 0.1) is 0 Å². The van der Waals surface area contributed by atoms with Crippen LogP contribution in [0.25, 0.3) is 0 Å². The van der Waals surface area contributed by atoms with Crippen LogP contribution in [0.5, 0.6) is 0 Å². The van der Waals surface area contributed by atoms with Crippen molar-refractivity contribution in [3.05, 3.63) is 33.8 Å². The van der Waals surface area contributed by atoms with Gasteiger partial charge in [-0.15, -0.1) is 0 Å². The number of nitrogens with one attached hydrogen (secondary N) is 1. The van der Waals surface area contributed by atoms with E-state index in [1.807, 2.05) is 20.0 Å². The summed E-state index contributed by atoms with van der Waals surface area (Å²) in [5.41, 5.74) is 0.889. The van der Waals surface area contributed by atoms with Gasteiger partial charge in [-0.05, 0) is 44.5 Å². The Hall–Kier alpha value is -0.770. The van der Waals surface area contributed by atoms with E-state index in [1.165, 1.54) is 32.1 Å². The van der Waals surface area contributed by atoms with Crippen LogP contribution in [0.15, 0.2) is 18.2 Å². The van der Waals surface area contributed by atoms with Gasteiger partial charge in [-0.2, -0.15) is 0 Å². The summed E-state index contributed by atoms with van der Waals surface area (Å²) in [6.07, 6.45) is 6.26. The van der Waals surface area contributed by atoms with Gasteiger partial charge in [0.15, 0.2) is 0 Å². The van der Waals surface area contributed by atoms with E-state index >= 15 is 0 Å². The molecule has 22 heavy (non-hydrogen) atoms. The molecule has 1 aromatic rings. The van der Waals surface area contributed by atoms with Gasteiger partial charge >= 0.3 is 0 Å². The van der Waals surface area contributed by atoms with Crippen LogP contribution in [-0.4, -0.2) is 30.4 Å². The molecule has 5 heteroatoms. The number of rotatable bonds is 5. The van der Waals surface area contributed by atoms with Crippen LogP contribution in [0.3, 0.4) is 0 Å². The molecule has 0 aromatic heterocycles. The lowest BCUT2D eigenvalue weighted by atomic mass is 9.94. The predicted octanol–water partition coefficient (Wildman–Crippen LogP) is 4.44. The topological polar surface area (TPSA) is 32.3 Å². The zero-order chi connectivity index (χ0) is 16.1. The third-order valence-electron chi connectivity index (χ3n) is 4.40. The number of hydrogen-bond acceptors (Lipinski definition) is 2. The highest BCUT2D eigenvalue weighted by Gasteiger charge is 2.21. The van der Waals surface area contributed by atoms with Crippen molar-refractivity contribution in [2.45, 2.75) is 51.1 Å². The zero-order valence-corrected chi connectivity index (χ0v) is 14.8. The average molecular weight is 343 g/mol. The molecule has 1 saturated carbocycles. The van der Waals surface area contributed by atoms with E-state index in [0.29, 0.717) is 22.6 Å². The van der Waals surface area contributed by atoms with E-state index in [1.54, 1.807) is 12.1 Å². The van der Waals surface area contributed by atoms with E-state index in [4.69, 9.17) is 23.2 Å². The maximum Gasteiger partial charge on any atom is 0.234 e. The van der Waals surface area contributed by atoms with Crippen LogP contribution in [0.2, 0.25) is 10.0 Å². The van der Waals surface area contributed by atoms with Crippen molar-refractivity contribution < 1.29 is 4.79 Å². The first-order valence-electron chi connectivity index (χ1n) is 7.92. The largest absolute Gasteiger partial charge is 0.348 e. The first-order chi connectivity index (χ1) is 10.5. The van der Waals surface area contributed by atoms with Crippen LogP contribution in [0.1, 0.15) is 50.6 Å². The molecule has 0 heterocycles. The fourth-order valence-corrected chi connectivity index (χ4v) is 3.67. The van der Waals surface area contributed by atoms with Crippen molar-refractivity contribution in [2.24, 2.45) is 0 Å². The van der Waals surface area contributed by atoms with Crippen molar-refractivity contribution in [3.8, 4) is 0 Å². The summed E-state index contributed by atoms with van der Waals surface area (Å²) in [7, 11) is 2.04. The van der Waals surface area contributed by atoms with Crippen LogP contribution in [-0.2, 0) is 4.79 Å². The van der Waals surface area contributed by atoms with E-state index in [9.17, 15) is 4.79 Å². The molecule has 122 valence electrons. The number of hydrogen-bond donors (Lipinski definition) is 1. The SMILES string of the molecule is CC(NC(=O)CN(C)C1CCCCC1)c1ccc(Cl)cc1Cl. The third-order valence-corrected chi connectivity index (χ3v) is 4.96. The predicted molar refractivity (Wildman–Crippen MR) is 92.5 cm³/mol. The molecule has 0 saturated heterocycles. The minimum atomic E-state index is -0.128. The second-order valence-corrected chi connectivity index (χ2v) is 7.01. The summed E-state index contributed by atoms with van der Waals surface area (Å²) >= 11 is 12.1. The van der Waals surface area contributed by atoms with Crippen LogP contribution >= 0.6 is 23.2 Å². The first-order valence-corrected chi connectivity index (χ1v) is 8.67. The van der Waals surface area contributed by atoms with Crippen LogP contribution in [0.4, 0.5) is 0 Å². The summed E-state index contributed by atoms with van der Waals surface area (Å²) in [6.45, 7) is 2.37. The van der Waals surface area contributed by atoms with Gasteiger partial charge in [0.05, 0.1) is 12.6 Å². The van der Waals surface area contributed by atoms with Crippen molar-refractivity contribution in [2.75, 3.05) is 13.6 Å². The van der Waals surface area contributed by atoms with Crippen molar-refractivity contribution in [1.29, 1.82) is 0 Å². The van der Waals surface area contributed by atoms with Crippen LogP contribution < -0.4 is 5.32 Å². The van der Waals surface area contributed by atoms with Gasteiger partial charge in [0, 0.05) is 16.1 Å². The smallest absolute Gasteiger partial charge is 0.234 e. The van der Waals surface area contributed by atoms with Gasteiger partial charge in [0.1, 0.15) is 0 Å². The Labute approximate surface area is 143 Å². The maximum absolute atomic E-state index is 12.2. The Morgan fingerprint density at radius 2 is 2.00 bits per heavy atom. The quantitative estimate of drug-likeness (QED) is 0.857. The lowest BCUT2D eigenvalue weighted by molar-refractivity contribution is -0.123. The molecule has 1 aliphatic carbocycles. The Bertz CT molecular complexity index is 515. The first kappa shape index (κ1) is 17.6. The standard InChI is InChI=1S/C17H24Cl2N2O/c1-12(15-9-8-13(18)10-16(15)19)20-17(22)11-21(2)14-6-4-3-5-7-14/h8-10,12,14H,3-7,11H2,1-2H3,(H,20,22). The van der Waals surface area contributed by atoms with Gasteiger partial charge in [0.25, 0.3) is 0 Å². The summed E-state index contributed by atoms with van der Waals surface area (Å²) in [5.74, 6) is 0.0339. The molecule has 1 aromatic carbocycles. The molecule has 2 rings (SSSR count). The molecule has 1 fully saturated rings. The molecule has 0 spiro atoms. The molecule has 0 aliphatic heterocycles. The minimum Gasteiger partial charge on any atom is -0.348 e. The number of nitrogens with zero attached hydrogens (tertiary/aromatic N) is 1. The molecular formula is C17H24Cl2N2O. The molecule has 0 bridgehead atoms. The van der Waals surface area contributed by atoms with Gasteiger partial charge in [-0.25, -0.2) is 0 Å². The lowest BCUT2D eigenvalue weighted by Crippen LogP contribution is -2.42. The molecule has 1 unspecified atom stereocenters. The van der Waals surface area contributed by atoms with E-state index in [2.05, 4.69) is 10.2 Å². The number of benzene rings is 1. The number of carbonyl (C=O) groups excluding carboxylic acids is 1. The molecule has 1 atom stereocenters. The highest BCUT2D eigenvalue weighted by atomic mass is 35.5. The van der Waals surface area contributed by atoms with Gasteiger partial charge < -0.3 is 5.32 Å². The molecule has 0 radical (unpaired) electrons. The fourth-order valence-electron chi connectivity index (χ4n) is 3.09. The van der Waals surface area contributed by atoms with E-state index in [-0.39, 0.29) is 11.9 Å². The number of halogens is 2. The molecule has 1 aliphatic rings. The van der Waals surface area contributed by atoms with E-state index < -0.39 is 0 Å². The maximum atomic E-state index is 12.2. The van der Waals surface area contributed by atoms with Crippen molar-refractivity contribution >= 4 is 29.1 Å². The van der Waals surface area contributed by atoms with Crippen molar-refractivity contribution in [3.63, 3.8) is 0 Å². The molecular weight excluding hydrogens is 319 g/mol. The summed E-state index contributed by atoms with van der Waals surface area (Å²) in [5, 5.41) is 4.20. The highest BCUT2D eigenvalue weighted by Crippen LogP contribution is 2.26. The van der Waals surface area contributed by atoms with Gasteiger partial charge in [0.2, 0.25) is 5.91 Å². The van der Waals surface area contributed by atoms with Gasteiger partial charge in [-0.1, -0.05) is 48.5 Å². The molecule has 1 amide bonds. The Balaban J connectivity index is 1.87. The second kappa shape index (κ2) is 8.19. The minimum absolute atomic E-state index is 0.0339.